The average molecular weight is 445 g/mol. The summed E-state index contributed by atoms with van der Waals surface area (Å²) >= 11 is 0. The predicted octanol–water partition coefficient (Wildman–Crippen LogP) is 2.61. The molecule has 0 unspecified atom stereocenters. The number of hydrogen-bond donors (Lipinski definition) is 0. The molecule has 0 aromatic heterocycles. The van der Waals surface area contributed by atoms with Gasteiger partial charge in [-0.1, -0.05) is 35.4 Å². The summed E-state index contributed by atoms with van der Waals surface area (Å²) in [6.07, 6.45) is 0. The van der Waals surface area contributed by atoms with Crippen molar-refractivity contribution in [2.45, 2.75) is 32.6 Å². The Hall–Kier alpha value is -2.71. The number of carbonyl (C=O) groups excluding carboxylic acids is 2. The Bertz CT molecular complexity index is 1100. The van der Waals surface area contributed by atoms with Gasteiger partial charge >= 0.3 is 5.97 Å². The van der Waals surface area contributed by atoms with Crippen LogP contribution < -0.4 is 0 Å². The third-order valence-corrected chi connectivity index (χ3v) is 7.53. The Morgan fingerprint density at radius 1 is 0.871 bits per heavy atom. The highest BCUT2D eigenvalue weighted by Gasteiger charge is 2.31. The van der Waals surface area contributed by atoms with E-state index in [1.54, 1.807) is 25.1 Å². The van der Waals surface area contributed by atoms with Gasteiger partial charge in [0.1, 0.15) is 0 Å². The Labute approximate surface area is 183 Å². The van der Waals surface area contributed by atoms with E-state index < -0.39 is 16.0 Å². The highest BCUT2D eigenvalue weighted by Crippen LogP contribution is 2.22. The molecular weight excluding hydrogens is 416 g/mol. The number of nitrogens with zero attached hydrogens (tertiary/aromatic N) is 2. The summed E-state index contributed by atoms with van der Waals surface area (Å²) in [6.45, 7) is 8.00. The van der Waals surface area contributed by atoms with E-state index in [9.17, 15) is 18.0 Å². The molecule has 31 heavy (non-hydrogen) atoms. The number of esters is 1. The van der Waals surface area contributed by atoms with Gasteiger partial charge in [-0.05, 0) is 51.0 Å². The number of hydrogen-bond acceptors (Lipinski definition) is 5. The number of ether oxygens (including phenoxy) is 1. The molecule has 1 heterocycles. The topological polar surface area (TPSA) is 84.0 Å². The summed E-state index contributed by atoms with van der Waals surface area (Å²) in [6, 6.07) is 10.6. The quantitative estimate of drug-likeness (QED) is 0.662. The number of amides is 1. The van der Waals surface area contributed by atoms with Gasteiger partial charge in [-0.2, -0.15) is 4.31 Å². The molecule has 2 aromatic rings. The first-order valence-electron chi connectivity index (χ1n) is 10.2. The first kappa shape index (κ1) is 23.0. The second kappa shape index (κ2) is 9.20. The first-order chi connectivity index (χ1) is 14.6. The summed E-state index contributed by atoms with van der Waals surface area (Å²) in [4.78, 5) is 26.6. The number of carbonyl (C=O) groups is 2. The monoisotopic (exact) mass is 444 g/mol. The smallest absolute Gasteiger partial charge is 0.338 e. The predicted molar refractivity (Wildman–Crippen MR) is 117 cm³/mol. The van der Waals surface area contributed by atoms with Crippen molar-refractivity contribution in [3.05, 3.63) is 64.2 Å². The fraction of sp³-hybridized carbons (Fsp3) is 0.391. The summed E-state index contributed by atoms with van der Waals surface area (Å²) < 4.78 is 32.5. The molecule has 1 aliphatic heterocycles. The lowest BCUT2D eigenvalue weighted by Crippen LogP contribution is -2.51. The standard InChI is InChI=1S/C23H28N2O5S/c1-16-5-7-20(18(3)13-16)23(27)30-15-22(26)24-9-11-25(12-10-24)31(28,29)21-8-6-17(2)14-19(21)4/h5-8,13-14H,9-12,15H2,1-4H3. The molecule has 1 fully saturated rings. The Morgan fingerprint density at radius 2 is 1.45 bits per heavy atom. The molecule has 0 radical (unpaired) electrons. The molecule has 2 aromatic carbocycles. The van der Waals surface area contributed by atoms with Crippen LogP contribution >= 0.6 is 0 Å². The van der Waals surface area contributed by atoms with Crippen molar-refractivity contribution in [2.24, 2.45) is 0 Å². The normalized spacial score (nSPS) is 15.0. The number of sulfonamides is 1. The molecule has 0 saturated carbocycles. The van der Waals surface area contributed by atoms with Crippen molar-refractivity contribution >= 4 is 21.9 Å². The molecule has 0 aliphatic carbocycles. The molecule has 0 bridgehead atoms. The fourth-order valence-corrected chi connectivity index (χ4v) is 5.37. The summed E-state index contributed by atoms with van der Waals surface area (Å²) in [5.41, 5.74) is 3.98. The van der Waals surface area contributed by atoms with E-state index in [1.807, 2.05) is 39.0 Å². The van der Waals surface area contributed by atoms with Gasteiger partial charge in [-0.15, -0.1) is 0 Å². The van der Waals surface area contributed by atoms with Crippen molar-refractivity contribution in [1.82, 2.24) is 9.21 Å². The van der Waals surface area contributed by atoms with Crippen LogP contribution in [0.25, 0.3) is 0 Å². The van der Waals surface area contributed by atoms with E-state index in [2.05, 4.69) is 0 Å². The van der Waals surface area contributed by atoms with Crippen molar-refractivity contribution in [3.8, 4) is 0 Å². The minimum absolute atomic E-state index is 0.201. The van der Waals surface area contributed by atoms with Crippen LogP contribution in [0.4, 0.5) is 0 Å². The molecular formula is C23H28N2O5S. The Morgan fingerprint density at radius 3 is 2.03 bits per heavy atom. The van der Waals surface area contributed by atoms with Gasteiger partial charge in [-0.25, -0.2) is 13.2 Å². The summed E-state index contributed by atoms with van der Waals surface area (Å²) in [7, 11) is -3.62. The summed E-state index contributed by atoms with van der Waals surface area (Å²) in [5, 5.41) is 0. The zero-order chi connectivity index (χ0) is 22.8. The maximum atomic E-state index is 13.0. The number of rotatable bonds is 5. The second-order valence-corrected chi connectivity index (χ2v) is 9.85. The van der Waals surface area contributed by atoms with E-state index in [0.29, 0.717) is 16.0 Å². The maximum Gasteiger partial charge on any atom is 0.338 e. The van der Waals surface area contributed by atoms with Crippen LogP contribution in [0.3, 0.4) is 0 Å². The second-order valence-electron chi connectivity index (χ2n) is 7.95. The van der Waals surface area contributed by atoms with Crippen LogP contribution in [0.15, 0.2) is 41.3 Å². The minimum Gasteiger partial charge on any atom is -0.452 e. The molecule has 8 heteroatoms. The van der Waals surface area contributed by atoms with Crippen LogP contribution in [-0.2, 0) is 19.6 Å². The van der Waals surface area contributed by atoms with E-state index in [0.717, 1.165) is 16.7 Å². The highest BCUT2D eigenvalue weighted by molar-refractivity contribution is 7.89. The third-order valence-electron chi connectivity index (χ3n) is 5.47. The Kier molecular flexibility index (Phi) is 6.81. The van der Waals surface area contributed by atoms with Crippen molar-refractivity contribution < 1.29 is 22.7 Å². The lowest BCUT2D eigenvalue weighted by Gasteiger charge is -2.34. The maximum absolute atomic E-state index is 13.0. The highest BCUT2D eigenvalue weighted by atomic mass is 32.2. The molecule has 0 N–H and O–H groups in total. The van der Waals surface area contributed by atoms with Gasteiger partial charge < -0.3 is 9.64 Å². The van der Waals surface area contributed by atoms with E-state index in [4.69, 9.17) is 4.74 Å². The molecule has 166 valence electrons. The fourth-order valence-electron chi connectivity index (χ4n) is 3.74. The van der Waals surface area contributed by atoms with Crippen LogP contribution in [0.2, 0.25) is 0 Å². The van der Waals surface area contributed by atoms with Crippen molar-refractivity contribution in [1.29, 1.82) is 0 Å². The zero-order valence-electron chi connectivity index (χ0n) is 18.3. The van der Waals surface area contributed by atoms with Gasteiger partial charge in [0.15, 0.2) is 6.61 Å². The van der Waals surface area contributed by atoms with E-state index >= 15 is 0 Å². The van der Waals surface area contributed by atoms with E-state index in [-0.39, 0.29) is 38.7 Å². The van der Waals surface area contributed by atoms with Gasteiger partial charge in [0.05, 0.1) is 10.5 Å². The molecule has 3 rings (SSSR count). The van der Waals surface area contributed by atoms with Gasteiger partial charge in [-0.3, -0.25) is 4.79 Å². The number of benzene rings is 2. The SMILES string of the molecule is Cc1ccc(C(=O)OCC(=O)N2CCN(S(=O)(=O)c3ccc(C)cc3C)CC2)c(C)c1. The molecule has 1 saturated heterocycles. The molecule has 0 spiro atoms. The molecule has 1 amide bonds. The number of piperazine rings is 1. The molecule has 7 nitrogen and oxygen atoms in total. The number of aryl methyl sites for hydroxylation is 4. The zero-order valence-corrected chi connectivity index (χ0v) is 19.2. The van der Waals surface area contributed by atoms with Crippen molar-refractivity contribution in [3.63, 3.8) is 0 Å². The van der Waals surface area contributed by atoms with Crippen molar-refractivity contribution in [2.75, 3.05) is 32.8 Å². The van der Waals surface area contributed by atoms with Gasteiger partial charge in [0, 0.05) is 26.2 Å². The van der Waals surface area contributed by atoms with Crippen LogP contribution in [0, 0.1) is 27.7 Å². The summed E-state index contributed by atoms with van der Waals surface area (Å²) in [5.74, 6) is -0.872. The lowest BCUT2D eigenvalue weighted by molar-refractivity contribution is -0.135. The first-order valence-corrected chi connectivity index (χ1v) is 11.6. The van der Waals surface area contributed by atoms with E-state index in [1.165, 1.54) is 9.21 Å². The lowest BCUT2D eigenvalue weighted by atomic mass is 10.1. The van der Waals surface area contributed by atoms with Crippen LogP contribution in [0.1, 0.15) is 32.6 Å². The van der Waals surface area contributed by atoms with Gasteiger partial charge in [0.25, 0.3) is 5.91 Å². The molecule has 1 aliphatic rings. The van der Waals surface area contributed by atoms with Crippen LogP contribution in [0.5, 0.6) is 0 Å². The molecule has 0 atom stereocenters. The van der Waals surface area contributed by atoms with Crippen LogP contribution in [-0.4, -0.2) is 62.3 Å². The minimum atomic E-state index is -3.62. The average Bonchev–Trinajstić information content (AvgIpc) is 2.71. The van der Waals surface area contributed by atoms with Gasteiger partial charge in [0.2, 0.25) is 10.0 Å². The Balaban J connectivity index is 1.56. The largest absolute Gasteiger partial charge is 0.452 e. The third kappa shape index (κ3) is 5.14.